The van der Waals surface area contributed by atoms with Gasteiger partial charge in [0, 0.05) is 30.8 Å². The molecule has 0 radical (unpaired) electrons. The molecule has 0 atom stereocenters. The van der Waals surface area contributed by atoms with Crippen molar-refractivity contribution in [3.05, 3.63) is 102 Å². The average molecular weight is 455 g/mol. The van der Waals surface area contributed by atoms with Crippen molar-refractivity contribution in [2.45, 2.75) is 32.9 Å². The van der Waals surface area contributed by atoms with E-state index in [2.05, 4.69) is 28.9 Å². The van der Waals surface area contributed by atoms with E-state index in [-0.39, 0.29) is 11.7 Å². The quantitative estimate of drug-likeness (QED) is 0.406. The van der Waals surface area contributed by atoms with Crippen LogP contribution in [-0.2, 0) is 24.3 Å². The Morgan fingerprint density at radius 2 is 1.71 bits per heavy atom. The van der Waals surface area contributed by atoms with Gasteiger partial charge in [-0.1, -0.05) is 48.0 Å². The molecule has 0 saturated heterocycles. The Labute approximate surface area is 198 Å². The molecule has 1 aliphatic rings. The number of halogens is 1. The maximum absolute atomic E-state index is 13.6. The van der Waals surface area contributed by atoms with Gasteiger partial charge in [-0.25, -0.2) is 9.37 Å². The molecule has 4 aromatic rings. The number of carbonyl (C=O) groups excluding carboxylic acids is 1. The first-order valence-electron chi connectivity index (χ1n) is 11.6. The Hall–Kier alpha value is -3.93. The fourth-order valence-corrected chi connectivity index (χ4v) is 4.31. The average Bonchev–Trinajstić information content (AvgIpc) is 3.22. The molecule has 1 aliphatic heterocycles. The number of benzene rings is 3. The summed E-state index contributed by atoms with van der Waals surface area (Å²) in [4.78, 5) is 19.7. The lowest BCUT2D eigenvalue weighted by Crippen LogP contribution is -2.38. The highest BCUT2D eigenvalue weighted by Crippen LogP contribution is 2.33. The van der Waals surface area contributed by atoms with Gasteiger partial charge in [0.1, 0.15) is 23.2 Å². The maximum atomic E-state index is 13.6. The van der Waals surface area contributed by atoms with Gasteiger partial charge < -0.3 is 14.8 Å². The zero-order valence-electron chi connectivity index (χ0n) is 19.2. The van der Waals surface area contributed by atoms with Crippen molar-refractivity contribution in [3.63, 3.8) is 0 Å². The van der Waals surface area contributed by atoms with E-state index in [1.54, 1.807) is 12.1 Å². The minimum absolute atomic E-state index is 0.134. The number of nitrogens with zero attached hydrogens (tertiary/aromatic N) is 3. The smallest absolute Gasteiger partial charge is 0.223 e. The molecule has 6 heteroatoms. The van der Waals surface area contributed by atoms with E-state index in [0.29, 0.717) is 26.1 Å². The molecule has 1 aromatic heterocycles. The van der Waals surface area contributed by atoms with Crippen LogP contribution in [0.2, 0.25) is 0 Å². The van der Waals surface area contributed by atoms with Crippen molar-refractivity contribution in [2.24, 2.45) is 0 Å². The first-order valence-corrected chi connectivity index (χ1v) is 11.6. The van der Waals surface area contributed by atoms with Gasteiger partial charge in [-0.15, -0.1) is 0 Å². The van der Waals surface area contributed by atoms with Gasteiger partial charge >= 0.3 is 0 Å². The number of anilines is 2. The van der Waals surface area contributed by atoms with Crippen LogP contribution in [-0.4, -0.2) is 26.9 Å². The Morgan fingerprint density at radius 3 is 2.44 bits per heavy atom. The second-order valence-corrected chi connectivity index (χ2v) is 8.68. The van der Waals surface area contributed by atoms with E-state index in [9.17, 15) is 9.18 Å². The normalized spacial score (nSPS) is 12.9. The van der Waals surface area contributed by atoms with Crippen LogP contribution in [0.5, 0.6) is 0 Å². The number of aryl methyl sites for hydroxylation is 2. The lowest BCUT2D eigenvalue weighted by molar-refractivity contribution is -0.132. The van der Waals surface area contributed by atoms with Gasteiger partial charge in [-0.2, -0.15) is 0 Å². The molecule has 0 spiro atoms. The van der Waals surface area contributed by atoms with Crippen LogP contribution in [0.25, 0.3) is 11.3 Å². The summed E-state index contributed by atoms with van der Waals surface area (Å²) in [6.07, 6.45) is 1.20. The highest BCUT2D eigenvalue weighted by atomic mass is 19.1. The molecule has 1 N–H and O–H groups in total. The van der Waals surface area contributed by atoms with E-state index in [4.69, 9.17) is 4.98 Å². The second kappa shape index (κ2) is 9.51. The topological polar surface area (TPSA) is 50.2 Å². The minimum Gasteiger partial charge on any atom is -0.340 e. The monoisotopic (exact) mass is 454 g/mol. The first-order chi connectivity index (χ1) is 16.6. The number of hydrogen-bond acceptors (Lipinski definition) is 3. The standard InChI is InChI=1S/C28H27FN4O/c1-20-7-14-24(15-8-20)30-28-27(22-10-12-23(29)13-11-22)31-25-19-32(17-18-33(25)28)26(34)16-9-21-5-3-2-4-6-21/h2-8,10-15,30H,9,16-19H2,1H3. The van der Waals surface area contributed by atoms with E-state index < -0.39 is 0 Å². The van der Waals surface area contributed by atoms with Crippen LogP contribution < -0.4 is 5.32 Å². The third-order valence-electron chi connectivity index (χ3n) is 6.23. The predicted molar refractivity (Wildman–Crippen MR) is 132 cm³/mol. The van der Waals surface area contributed by atoms with E-state index in [1.165, 1.54) is 17.7 Å². The molecule has 5 rings (SSSR count). The molecule has 0 fully saturated rings. The van der Waals surface area contributed by atoms with Crippen molar-refractivity contribution in [1.29, 1.82) is 0 Å². The summed E-state index contributed by atoms with van der Waals surface area (Å²) in [6.45, 7) is 3.78. The molecule has 5 nitrogen and oxygen atoms in total. The number of amides is 1. The van der Waals surface area contributed by atoms with Gasteiger partial charge in [0.15, 0.2) is 0 Å². The SMILES string of the molecule is Cc1ccc(Nc2c(-c3ccc(F)cc3)nc3n2CCN(C(=O)CCc2ccccc2)C3)cc1. The summed E-state index contributed by atoms with van der Waals surface area (Å²) in [5, 5.41) is 3.51. The largest absolute Gasteiger partial charge is 0.340 e. The number of fused-ring (bicyclic) bond motifs is 1. The molecule has 34 heavy (non-hydrogen) atoms. The highest BCUT2D eigenvalue weighted by molar-refractivity contribution is 5.78. The number of rotatable bonds is 6. The number of imidazole rings is 1. The third kappa shape index (κ3) is 4.71. The zero-order chi connectivity index (χ0) is 23.5. The lowest BCUT2D eigenvalue weighted by Gasteiger charge is -2.28. The molecule has 0 bridgehead atoms. The molecule has 0 unspecified atom stereocenters. The van der Waals surface area contributed by atoms with E-state index in [0.717, 1.165) is 40.6 Å². The van der Waals surface area contributed by atoms with E-state index >= 15 is 0 Å². The summed E-state index contributed by atoms with van der Waals surface area (Å²) in [5.74, 6) is 1.54. The van der Waals surface area contributed by atoms with Gasteiger partial charge in [0.05, 0.1) is 6.54 Å². The van der Waals surface area contributed by atoms with Crippen molar-refractivity contribution < 1.29 is 9.18 Å². The summed E-state index contributed by atoms with van der Waals surface area (Å²) in [6, 6.07) is 24.6. The fraction of sp³-hybridized carbons (Fsp3) is 0.214. The Morgan fingerprint density at radius 1 is 0.971 bits per heavy atom. The number of carbonyl (C=O) groups is 1. The summed E-state index contributed by atoms with van der Waals surface area (Å²) < 4.78 is 15.7. The summed E-state index contributed by atoms with van der Waals surface area (Å²) >= 11 is 0. The minimum atomic E-state index is -0.282. The first kappa shape index (κ1) is 21.9. The fourth-order valence-electron chi connectivity index (χ4n) is 4.31. The lowest BCUT2D eigenvalue weighted by atomic mass is 10.1. The van der Waals surface area contributed by atoms with Crippen molar-refractivity contribution in [1.82, 2.24) is 14.5 Å². The Kier molecular flexibility index (Phi) is 6.12. The molecule has 2 heterocycles. The molecular formula is C28H27FN4O. The maximum Gasteiger partial charge on any atom is 0.223 e. The van der Waals surface area contributed by atoms with Crippen LogP contribution in [0.3, 0.4) is 0 Å². The molecule has 0 aliphatic carbocycles. The number of nitrogens with one attached hydrogen (secondary N) is 1. The van der Waals surface area contributed by atoms with E-state index in [1.807, 2.05) is 47.4 Å². The molecular weight excluding hydrogens is 427 g/mol. The van der Waals surface area contributed by atoms with Crippen LogP contribution in [0.15, 0.2) is 78.9 Å². The predicted octanol–water partition coefficient (Wildman–Crippen LogP) is 5.72. The Bertz CT molecular complexity index is 1280. The van der Waals surface area contributed by atoms with Crippen LogP contribution in [0, 0.1) is 12.7 Å². The number of hydrogen-bond donors (Lipinski definition) is 1. The Balaban J connectivity index is 1.40. The molecule has 0 saturated carbocycles. The van der Waals surface area contributed by atoms with Crippen LogP contribution in [0.1, 0.15) is 23.4 Å². The van der Waals surface area contributed by atoms with Gasteiger partial charge in [0.2, 0.25) is 5.91 Å². The van der Waals surface area contributed by atoms with Crippen LogP contribution >= 0.6 is 0 Å². The molecule has 3 aromatic carbocycles. The van der Waals surface area contributed by atoms with Crippen molar-refractivity contribution in [3.8, 4) is 11.3 Å². The van der Waals surface area contributed by atoms with Gasteiger partial charge in [-0.3, -0.25) is 4.79 Å². The van der Waals surface area contributed by atoms with Gasteiger partial charge in [-0.05, 0) is 55.3 Å². The second-order valence-electron chi connectivity index (χ2n) is 8.68. The summed E-state index contributed by atoms with van der Waals surface area (Å²) in [7, 11) is 0. The third-order valence-corrected chi connectivity index (χ3v) is 6.23. The van der Waals surface area contributed by atoms with Crippen LogP contribution in [0.4, 0.5) is 15.9 Å². The molecule has 172 valence electrons. The van der Waals surface area contributed by atoms with Gasteiger partial charge in [0.25, 0.3) is 0 Å². The number of aromatic nitrogens is 2. The zero-order valence-corrected chi connectivity index (χ0v) is 19.2. The molecule has 1 amide bonds. The highest BCUT2D eigenvalue weighted by Gasteiger charge is 2.26. The van der Waals surface area contributed by atoms with Crippen molar-refractivity contribution in [2.75, 3.05) is 11.9 Å². The van der Waals surface area contributed by atoms with Crippen molar-refractivity contribution >= 4 is 17.4 Å². The summed E-state index contributed by atoms with van der Waals surface area (Å²) in [5.41, 5.74) is 4.90.